The minimum atomic E-state index is -3.28. The summed E-state index contributed by atoms with van der Waals surface area (Å²) in [5.74, 6) is 0.625. The van der Waals surface area contributed by atoms with Gasteiger partial charge in [-0.2, -0.15) is 0 Å². The Balaban J connectivity index is 3.47. The summed E-state index contributed by atoms with van der Waals surface area (Å²) in [6.45, 7) is 7.03. The summed E-state index contributed by atoms with van der Waals surface area (Å²) in [7, 11) is -3.28. The summed E-state index contributed by atoms with van der Waals surface area (Å²) in [5, 5.41) is 8.09. The van der Waals surface area contributed by atoms with Crippen LogP contribution in [0, 0.1) is 5.92 Å². The lowest BCUT2D eigenvalue weighted by atomic mass is 10.1. The van der Waals surface area contributed by atoms with Crippen LogP contribution < -0.4 is 10.5 Å². The molecule has 0 heterocycles. The van der Waals surface area contributed by atoms with E-state index >= 15 is 0 Å². The van der Waals surface area contributed by atoms with Gasteiger partial charge in [-0.3, -0.25) is 0 Å². The second kappa shape index (κ2) is 5.57. The van der Waals surface area contributed by atoms with E-state index in [4.69, 9.17) is 5.14 Å². The SMILES string of the molecule is CC(C)C(C)NCCCS(N)(=O)=O. The van der Waals surface area contributed by atoms with Crippen molar-refractivity contribution in [2.45, 2.75) is 33.2 Å². The molecule has 0 spiro atoms. The Kier molecular flexibility index (Phi) is 5.51. The van der Waals surface area contributed by atoms with Crippen molar-refractivity contribution in [3.63, 3.8) is 0 Å². The van der Waals surface area contributed by atoms with Gasteiger partial charge in [-0.15, -0.1) is 0 Å². The molecule has 3 N–H and O–H groups in total. The third kappa shape index (κ3) is 8.21. The molecule has 1 unspecified atom stereocenters. The first-order valence-corrected chi connectivity index (χ1v) is 6.28. The predicted molar refractivity (Wildman–Crippen MR) is 54.9 cm³/mol. The molecule has 0 aromatic heterocycles. The number of rotatable bonds is 6. The van der Waals surface area contributed by atoms with Crippen molar-refractivity contribution in [2.75, 3.05) is 12.3 Å². The molecule has 0 aromatic rings. The summed E-state index contributed by atoms with van der Waals surface area (Å²) in [4.78, 5) is 0. The molecule has 0 amide bonds. The van der Waals surface area contributed by atoms with Gasteiger partial charge in [0.15, 0.2) is 0 Å². The smallest absolute Gasteiger partial charge is 0.209 e. The fourth-order valence-electron chi connectivity index (χ4n) is 0.839. The molecule has 0 radical (unpaired) electrons. The average molecular weight is 208 g/mol. The molecule has 5 heteroatoms. The maximum absolute atomic E-state index is 10.6. The lowest BCUT2D eigenvalue weighted by Crippen LogP contribution is -2.32. The molecule has 4 nitrogen and oxygen atoms in total. The summed E-state index contributed by atoms with van der Waals surface area (Å²) in [6.07, 6.45) is 0.579. The van der Waals surface area contributed by atoms with Gasteiger partial charge in [-0.05, 0) is 25.8 Å². The third-order valence-electron chi connectivity index (χ3n) is 2.07. The van der Waals surface area contributed by atoms with Gasteiger partial charge in [0, 0.05) is 6.04 Å². The van der Waals surface area contributed by atoms with Crippen molar-refractivity contribution in [1.82, 2.24) is 5.32 Å². The quantitative estimate of drug-likeness (QED) is 0.617. The van der Waals surface area contributed by atoms with E-state index in [0.717, 1.165) is 0 Å². The largest absolute Gasteiger partial charge is 0.314 e. The Morgan fingerprint density at radius 1 is 1.31 bits per heavy atom. The van der Waals surface area contributed by atoms with E-state index in [0.29, 0.717) is 24.9 Å². The lowest BCUT2D eigenvalue weighted by molar-refractivity contribution is 0.428. The van der Waals surface area contributed by atoms with Gasteiger partial charge in [0.25, 0.3) is 0 Å². The normalized spacial score (nSPS) is 14.8. The van der Waals surface area contributed by atoms with Crippen LogP contribution in [0.1, 0.15) is 27.2 Å². The molecule has 80 valence electrons. The number of sulfonamides is 1. The van der Waals surface area contributed by atoms with Gasteiger partial charge in [0.05, 0.1) is 5.75 Å². The second-order valence-corrected chi connectivity index (χ2v) is 5.44. The van der Waals surface area contributed by atoms with E-state index in [1.165, 1.54) is 0 Å². The van der Waals surface area contributed by atoms with Crippen molar-refractivity contribution in [3.8, 4) is 0 Å². The first-order chi connectivity index (χ1) is 5.83. The Morgan fingerprint density at radius 3 is 2.23 bits per heavy atom. The fraction of sp³-hybridized carbons (Fsp3) is 1.00. The van der Waals surface area contributed by atoms with E-state index in [1.807, 2.05) is 0 Å². The Bertz CT molecular complexity index is 224. The highest BCUT2D eigenvalue weighted by molar-refractivity contribution is 7.89. The Labute approximate surface area is 80.9 Å². The van der Waals surface area contributed by atoms with Gasteiger partial charge in [-0.25, -0.2) is 13.6 Å². The summed E-state index contributed by atoms with van der Waals surface area (Å²) in [6, 6.07) is 0.417. The number of nitrogens with one attached hydrogen (secondary N) is 1. The molecular weight excluding hydrogens is 188 g/mol. The maximum Gasteiger partial charge on any atom is 0.209 e. The Hall–Kier alpha value is -0.130. The number of hydrogen-bond acceptors (Lipinski definition) is 3. The minimum Gasteiger partial charge on any atom is -0.314 e. The van der Waals surface area contributed by atoms with Crippen LogP contribution in [0.15, 0.2) is 0 Å². The lowest BCUT2D eigenvalue weighted by Gasteiger charge is -2.16. The molecule has 0 aliphatic heterocycles. The second-order valence-electron chi connectivity index (χ2n) is 3.71. The van der Waals surface area contributed by atoms with Gasteiger partial charge in [0.2, 0.25) is 10.0 Å². The molecule has 0 aromatic carbocycles. The summed E-state index contributed by atoms with van der Waals surface area (Å²) >= 11 is 0. The topological polar surface area (TPSA) is 72.2 Å². The standard InChI is InChI=1S/C8H20N2O2S/c1-7(2)8(3)10-5-4-6-13(9,11)12/h7-8,10H,4-6H2,1-3H3,(H2,9,11,12). The molecule has 13 heavy (non-hydrogen) atoms. The number of primary sulfonamides is 1. The number of hydrogen-bond donors (Lipinski definition) is 2. The monoisotopic (exact) mass is 208 g/mol. The molecule has 1 atom stereocenters. The first-order valence-electron chi connectivity index (χ1n) is 4.57. The van der Waals surface area contributed by atoms with E-state index in [9.17, 15) is 8.42 Å². The predicted octanol–water partition coefficient (Wildman–Crippen LogP) is 0.299. The van der Waals surface area contributed by atoms with Crippen LogP contribution in [-0.4, -0.2) is 26.8 Å². The Morgan fingerprint density at radius 2 is 1.85 bits per heavy atom. The van der Waals surface area contributed by atoms with Crippen molar-refractivity contribution in [3.05, 3.63) is 0 Å². The minimum absolute atomic E-state index is 0.0603. The van der Waals surface area contributed by atoms with Crippen LogP contribution >= 0.6 is 0 Å². The molecule has 0 aliphatic carbocycles. The number of nitrogens with two attached hydrogens (primary N) is 1. The van der Waals surface area contributed by atoms with Crippen LogP contribution in [0.25, 0.3) is 0 Å². The first kappa shape index (κ1) is 12.9. The van der Waals surface area contributed by atoms with Gasteiger partial charge >= 0.3 is 0 Å². The molecule has 0 saturated heterocycles. The zero-order valence-electron chi connectivity index (χ0n) is 8.58. The van der Waals surface area contributed by atoms with Crippen LogP contribution in [0.3, 0.4) is 0 Å². The highest BCUT2D eigenvalue weighted by Gasteiger charge is 2.06. The zero-order chi connectivity index (χ0) is 10.5. The van der Waals surface area contributed by atoms with Gasteiger partial charge in [0.1, 0.15) is 0 Å². The zero-order valence-corrected chi connectivity index (χ0v) is 9.39. The van der Waals surface area contributed by atoms with E-state index in [-0.39, 0.29) is 5.75 Å². The van der Waals surface area contributed by atoms with E-state index in [1.54, 1.807) is 0 Å². The highest BCUT2D eigenvalue weighted by atomic mass is 32.2. The van der Waals surface area contributed by atoms with E-state index in [2.05, 4.69) is 26.1 Å². The van der Waals surface area contributed by atoms with Crippen molar-refractivity contribution >= 4 is 10.0 Å². The van der Waals surface area contributed by atoms with Crippen molar-refractivity contribution in [1.29, 1.82) is 0 Å². The third-order valence-corrected chi connectivity index (χ3v) is 2.93. The summed E-state index contributed by atoms with van der Waals surface area (Å²) in [5.41, 5.74) is 0. The van der Waals surface area contributed by atoms with Crippen LogP contribution in [0.2, 0.25) is 0 Å². The molecule has 0 fully saturated rings. The maximum atomic E-state index is 10.6. The van der Waals surface area contributed by atoms with Crippen LogP contribution in [-0.2, 0) is 10.0 Å². The molecule has 0 saturated carbocycles. The van der Waals surface area contributed by atoms with Gasteiger partial charge < -0.3 is 5.32 Å². The molecule has 0 aliphatic rings. The summed E-state index contributed by atoms with van der Waals surface area (Å²) < 4.78 is 21.1. The van der Waals surface area contributed by atoms with Gasteiger partial charge in [-0.1, -0.05) is 13.8 Å². The molecule has 0 rings (SSSR count). The van der Waals surface area contributed by atoms with E-state index < -0.39 is 10.0 Å². The molecular formula is C8H20N2O2S. The average Bonchev–Trinajstić information content (AvgIpc) is 1.95. The van der Waals surface area contributed by atoms with Crippen molar-refractivity contribution in [2.24, 2.45) is 11.1 Å². The van der Waals surface area contributed by atoms with Crippen molar-refractivity contribution < 1.29 is 8.42 Å². The highest BCUT2D eigenvalue weighted by Crippen LogP contribution is 1.99. The van der Waals surface area contributed by atoms with Crippen LogP contribution in [0.4, 0.5) is 0 Å². The fourth-order valence-corrected chi connectivity index (χ4v) is 1.39. The van der Waals surface area contributed by atoms with Crippen LogP contribution in [0.5, 0.6) is 0 Å². The molecule has 0 bridgehead atoms.